The molecule has 0 aliphatic rings. The molecule has 4 nitrogen and oxygen atoms in total. The molecule has 0 amide bonds. The van der Waals surface area contributed by atoms with Crippen molar-refractivity contribution in [2.45, 2.75) is 32.4 Å². The standard InChI is InChI=1S/C13H21NO3/c1-3-17-10-4-5-11(9(2)8-10)13(16)12(14)6-7-15/h4-5,8,12-13,15-16H,3,6-7,14H2,1-2H3. The van der Waals surface area contributed by atoms with Gasteiger partial charge in [0.05, 0.1) is 12.7 Å². The van der Waals surface area contributed by atoms with Crippen LogP contribution in [0.25, 0.3) is 0 Å². The van der Waals surface area contributed by atoms with Gasteiger partial charge in [0.25, 0.3) is 0 Å². The van der Waals surface area contributed by atoms with Gasteiger partial charge in [-0.3, -0.25) is 0 Å². The number of aliphatic hydroxyl groups is 2. The quantitative estimate of drug-likeness (QED) is 0.695. The van der Waals surface area contributed by atoms with E-state index in [-0.39, 0.29) is 6.61 Å². The molecule has 0 saturated heterocycles. The Balaban J connectivity index is 2.83. The highest BCUT2D eigenvalue weighted by molar-refractivity contribution is 5.36. The van der Waals surface area contributed by atoms with E-state index < -0.39 is 12.1 Å². The van der Waals surface area contributed by atoms with Gasteiger partial charge >= 0.3 is 0 Å². The Morgan fingerprint density at radius 3 is 2.65 bits per heavy atom. The van der Waals surface area contributed by atoms with Gasteiger partial charge in [0.15, 0.2) is 0 Å². The summed E-state index contributed by atoms with van der Waals surface area (Å²) in [5.41, 5.74) is 7.51. The fourth-order valence-electron chi connectivity index (χ4n) is 1.77. The van der Waals surface area contributed by atoms with E-state index in [0.29, 0.717) is 13.0 Å². The Bertz CT molecular complexity index is 355. The van der Waals surface area contributed by atoms with Crippen LogP contribution in [0.3, 0.4) is 0 Å². The van der Waals surface area contributed by atoms with Crippen LogP contribution in [0.5, 0.6) is 5.75 Å². The van der Waals surface area contributed by atoms with Gasteiger partial charge in [-0.25, -0.2) is 0 Å². The van der Waals surface area contributed by atoms with Crippen molar-refractivity contribution < 1.29 is 14.9 Å². The smallest absolute Gasteiger partial charge is 0.119 e. The molecule has 0 spiro atoms. The molecular formula is C13H21NO3. The molecule has 17 heavy (non-hydrogen) atoms. The zero-order chi connectivity index (χ0) is 12.8. The lowest BCUT2D eigenvalue weighted by Crippen LogP contribution is -2.29. The normalized spacial score (nSPS) is 14.4. The molecule has 4 heteroatoms. The highest BCUT2D eigenvalue weighted by Gasteiger charge is 2.18. The summed E-state index contributed by atoms with van der Waals surface area (Å²) in [7, 11) is 0. The third-order valence-corrected chi connectivity index (χ3v) is 2.74. The van der Waals surface area contributed by atoms with Gasteiger partial charge < -0.3 is 20.7 Å². The Labute approximate surface area is 102 Å². The SMILES string of the molecule is CCOc1ccc(C(O)C(N)CCO)c(C)c1. The lowest BCUT2D eigenvalue weighted by atomic mass is 9.96. The molecule has 0 fully saturated rings. The van der Waals surface area contributed by atoms with Gasteiger partial charge in [-0.2, -0.15) is 0 Å². The molecule has 0 saturated carbocycles. The summed E-state index contributed by atoms with van der Waals surface area (Å²) in [6.07, 6.45) is -0.369. The van der Waals surface area contributed by atoms with Gasteiger partial charge in [-0.15, -0.1) is 0 Å². The molecule has 1 aromatic rings. The average molecular weight is 239 g/mol. The number of hydrogen-bond donors (Lipinski definition) is 3. The van der Waals surface area contributed by atoms with Gasteiger partial charge in [0, 0.05) is 12.6 Å². The number of benzene rings is 1. The number of rotatable bonds is 6. The number of aliphatic hydroxyl groups excluding tert-OH is 2. The van der Waals surface area contributed by atoms with Crippen molar-refractivity contribution >= 4 is 0 Å². The molecule has 0 aliphatic carbocycles. The first kappa shape index (κ1) is 14.0. The molecule has 0 bridgehead atoms. The summed E-state index contributed by atoms with van der Waals surface area (Å²) in [4.78, 5) is 0. The monoisotopic (exact) mass is 239 g/mol. The third kappa shape index (κ3) is 3.70. The second kappa shape index (κ2) is 6.59. The van der Waals surface area contributed by atoms with Crippen LogP contribution in [0.2, 0.25) is 0 Å². The van der Waals surface area contributed by atoms with Crippen molar-refractivity contribution in [1.29, 1.82) is 0 Å². The maximum atomic E-state index is 10.0. The van der Waals surface area contributed by atoms with Crippen LogP contribution in [-0.4, -0.2) is 29.5 Å². The third-order valence-electron chi connectivity index (χ3n) is 2.74. The summed E-state index contributed by atoms with van der Waals surface area (Å²) in [6, 6.07) is 5.08. The molecule has 0 heterocycles. The van der Waals surface area contributed by atoms with E-state index in [1.807, 2.05) is 32.0 Å². The average Bonchev–Trinajstić information content (AvgIpc) is 2.29. The topological polar surface area (TPSA) is 75.7 Å². The van der Waals surface area contributed by atoms with Crippen LogP contribution in [0.1, 0.15) is 30.6 Å². The first-order valence-corrected chi connectivity index (χ1v) is 5.88. The minimum Gasteiger partial charge on any atom is -0.494 e. The van der Waals surface area contributed by atoms with Crippen molar-refractivity contribution in [3.63, 3.8) is 0 Å². The second-order valence-corrected chi connectivity index (χ2v) is 4.07. The van der Waals surface area contributed by atoms with E-state index in [2.05, 4.69) is 0 Å². The maximum Gasteiger partial charge on any atom is 0.119 e. The van der Waals surface area contributed by atoms with Crippen molar-refractivity contribution in [1.82, 2.24) is 0 Å². The van der Waals surface area contributed by atoms with E-state index in [1.54, 1.807) is 0 Å². The Kier molecular flexibility index (Phi) is 5.41. The van der Waals surface area contributed by atoms with Crippen LogP contribution in [0.15, 0.2) is 18.2 Å². The molecular weight excluding hydrogens is 218 g/mol. The zero-order valence-electron chi connectivity index (χ0n) is 10.4. The minimum atomic E-state index is -0.752. The molecule has 0 aromatic heterocycles. The van der Waals surface area contributed by atoms with E-state index in [9.17, 15) is 5.11 Å². The minimum absolute atomic E-state index is 0.0195. The van der Waals surface area contributed by atoms with Crippen LogP contribution in [0, 0.1) is 6.92 Å². The summed E-state index contributed by atoms with van der Waals surface area (Å²) in [6.45, 7) is 4.43. The highest BCUT2D eigenvalue weighted by Crippen LogP contribution is 2.25. The zero-order valence-corrected chi connectivity index (χ0v) is 10.4. The Hall–Kier alpha value is -1.10. The molecule has 96 valence electrons. The molecule has 2 atom stereocenters. The van der Waals surface area contributed by atoms with Gasteiger partial charge in [0.2, 0.25) is 0 Å². The van der Waals surface area contributed by atoms with E-state index in [4.69, 9.17) is 15.6 Å². The predicted molar refractivity (Wildman–Crippen MR) is 67.0 cm³/mol. The summed E-state index contributed by atoms with van der Waals surface area (Å²) < 4.78 is 5.38. The first-order chi connectivity index (χ1) is 8.10. The first-order valence-electron chi connectivity index (χ1n) is 5.88. The number of hydrogen-bond acceptors (Lipinski definition) is 4. The fourth-order valence-corrected chi connectivity index (χ4v) is 1.77. The van der Waals surface area contributed by atoms with Crippen LogP contribution < -0.4 is 10.5 Å². The van der Waals surface area contributed by atoms with Gasteiger partial charge in [0.1, 0.15) is 5.75 Å². The Morgan fingerprint density at radius 2 is 2.12 bits per heavy atom. The molecule has 1 aromatic carbocycles. The van der Waals surface area contributed by atoms with E-state index in [1.165, 1.54) is 0 Å². The van der Waals surface area contributed by atoms with E-state index >= 15 is 0 Å². The lowest BCUT2D eigenvalue weighted by molar-refractivity contribution is 0.128. The maximum absolute atomic E-state index is 10.0. The summed E-state index contributed by atoms with van der Waals surface area (Å²) in [5.74, 6) is 0.789. The molecule has 4 N–H and O–H groups in total. The molecule has 0 aliphatic heterocycles. The van der Waals surface area contributed by atoms with Crippen molar-refractivity contribution in [3.05, 3.63) is 29.3 Å². The predicted octanol–water partition coefficient (Wildman–Crippen LogP) is 1.14. The Morgan fingerprint density at radius 1 is 1.41 bits per heavy atom. The number of aryl methyl sites for hydroxylation is 1. The fraction of sp³-hybridized carbons (Fsp3) is 0.538. The summed E-state index contributed by atoms with van der Waals surface area (Å²) >= 11 is 0. The van der Waals surface area contributed by atoms with Gasteiger partial charge in [-0.1, -0.05) is 6.07 Å². The lowest BCUT2D eigenvalue weighted by Gasteiger charge is -2.20. The van der Waals surface area contributed by atoms with Crippen LogP contribution in [-0.2, 0) is 0 Å². The van der Waals surface area contributed by atoms with Gasteiger partial charge in [-0.05, 0) is 43.5 Å². The van der Waals surface area contributed by atoms with Crippen LogP contribution >= 0.6 is 0 Å². The summed E-state index contributed by atoms with van der Waals surface area (Å²) in [5, 5.41) is 18.8. The number of nitrogens with two attached hydrogens (primary N) is 1. The van der Waals surface area contributed by atoms with Crippen LogP contribution in [0.4, 0.5) is 0 Å². The molecule has 0 radical (unpaired) electrons. The molecule has 2 unspecified atom stereocenters. The van der Waals surface area contributed by atoms with Crippen molar-refractivity contribution in [2.24, 2.45) is 5.73 Å². The van der Waals surface area contributed by atoms with E-state index in [0.717, 1.165) is 16.9 Å². The molecule has 1 rings (SSSR count). The largest absolute Gasteiger partial charge is 0.494 e. The highest BCUT2D eigenvalue weighted by atomic mass is 16.5. The second-order valence-electron chi connectivity index (χ2n) is 4.07. The number of ether oxygens (including phenoxy) is 1. The van der Waals surface area contributed by atoms with Crippen molar-refractivity contribution in [3.8, 4) is 5.75 Å². The van der Waals surface area contributed by atoms with Crippen molar-refractivity contribution in [2.75, 3.05) is 13.2 Å².